The zero-order valence-electron chi connectivity index (χ0n) is 22.1. The third-order valence-electron chi connectivity index (χ3n) is 5.49. The van der Waals surface area contributed by atoms with Crippen molar-refractivity contribution in [1.29, 1.82) is 0 Å². The van der Waals surface area contributed by atoms with Gasteiger partial charge in [0.1, 0.15) is 6.61 Å². The molecule has 0 amide bonds. The van der Waals surface area contributed by atoms with Gasteiger partial charge in [0, 0.05) is 20.8 Å². The number of ether oxygens (including phenoxy) is 7. The Kier molecular flexibility index (Phi) is 10.0. The summed E-state index contributed by atoms with van der Waals surface area (Å²) in [6, 6.07) is 12.6. The second-order valence-corrected chi connectivity index (χ2v) is 8.53. The van der Waals surface area contributed by atoms with Crippen molar-refractivity contribution in [1.82, 2.24) is 0 Å². The summed E-state index contributed by atoms with van der Waals surface area (Å²) >= 11 is 0. The molecule has 0 aromatic heterocycles. The van der Waals surface area contributed by atoms with Gasteiger partial charge in [0.2, 0.25) is 12.4 Å². The van der Waals surface area contributed by atoms with Crippen molar-refractivity contribution in [2.24, 2.45) is 0 Å². The van der Waals surface area contributed by atoms with E-state index in [1.807, 2.05) is 6.07 Å². The van der Waals surface area contributed by atoms with Crippen molar-refractivity contribution < 1.29 is 62.2 Å². The molecule has 0 bridgehead atoms. The zero-order valence-corrected chi connectivity index (χ0v) is 22.1. The highest BCUT2D eigenvalue weighted by atomic mass is 16.7. The summed E-state index contributed by atoms with van der Waals surface area (Å²) in [7, 11) is 1.05. The number of phenolic OH excluding ortho intramolecular Hbond substituents is 1. The van der Waals surface area contributed by atoms with Crippen LogP contribution in [-0.2, 0) is 54.2 Å². The quantitative estimate of drug-likeness (QED) is 0.348. The summed E-state index contributed by atoms with van der Waals surface area (Å²) in [5, 5.41) is 10.6. The normalized spacial score (nSPS) is 21.9. The van der Waals surface area contributed by atoms with Crippen LogP contribution in [0.1, 0.15) is 36.7 Å². The lowest BCUT2D eigenvalue weighted by Crippen LogP contribution is -2.64. The molecule has 0 aliphatic carbocycles. The third-order valence-corrected chi connectivity index (χ3v) is 5.49. The van der Waals surface area contributed by atoms with E-state index in [0.717, 1.165) is 39.5 Å². The number of benzene rings is 2. The van der Waals surface area contributed by atoms with Gasteiger partial charge < -0.3 is 38.3 Å². The largest absolute Gasteiger partial charge is 0.504 e. The summed E-state index contributed by atoms with van der Waals surface area (Å²) in [4.78, 5) is 60.6. The Morgan fingerprint density at radius 3 is 2.00 bits per heavy atom. The molecule has 1 aliphatic rings. The molecule has 1 aliphatic heterocycles. The van der Waals surface area contributed by atoms with Crippen molar-refractivity contribution >= 4 is 29.8 Å². The van der Waals surface area contributed by atoms with Crippen molar-refractivity contribution in [2.45, 2.75) is 58.1 Å². The molecular formula is C27H28O13. The summed E-state index contributed by atoms with van der Waals surface area (Å²) in [6.07, 6.45) is -8.06. The summed E-state index contributed by atoms with van der Waals surface area (Å²) in [6.45, 7) is 3.17. The monoisotopic (exact) mass is 560 g/mol. The van der Waals surface area contributed by atoms with Crippen molar-refractivity contribution in [3.8, 4) is 11.5 Å². The van der Waals surface area contributed by atoms with Crippen molar-refractivity contribution in [2.75, 3.05) is 7.11 Å². The molecule has 1 fully saturated rings. The number of methoxy groups -OCH3 is 1. The number of carbonyl (C=O) groups is 5. The fourth-order valence-electron chi connectivity index (χ4n) is 3.85. The summed E-state index contributed by atoms with van der Waals surface area (Å²) in [5.41, 5.74) is 0.766. The highest BCUT2D eigenvalue weighted by Gasteiger charge is 2.56. The molecule has 214 valence electrons. The average Bonchev–Trinajstić information content (AvgIpc) is 2.90. The summed E-state index contributed by atoms with van der Waals surface area (Å²) < 4.78 is 37.1. The molecule has 3 rings (SSSR count). The van der Waals surface area contributed by atoms with Gasteiger partial charge in [-0.05, 0) is 23.8 Å². The van der Waals surface area contributed by atoms with Gasteiger partial charge in [0.05, 0.1) is 12.7 Å². The van der Waals surface area contributed by atoms with Crippen LogP contribution in [-0.4, -0.2) is 72.8 Å². The third kappa shape index (κ3) is 7.69. The molecule has 1 N–H and O–H groups in total. The van der Waals surface area contributed by atoms with Gasteiger partial charge in [-0.1, -0.05) is 30.3 Å². The van der Waals surface area contributed by atoms with E-state index in [0.29, 0.717) is 0 Å². The van der Waals surface area contributed by atoms with Crippen LogP contribution in [0.25, 0.3) is 0 Å². The highest BCUT2D eigenvalue weighted by molar-refractivity contribution is 5.90. The smallest absolute Gasteiger partial charge is 0.339 e. The Balaban J connectivity index is 1.88. The molecule has 2 aromatic rings. The lowest BCUT2D eigenvalue weighted by molar-refractivity contribution is -0.282. The Hall–Kier alpha value is -4.65. The van der Waals surface area contributed by atoms with Gasteiger partial charge in [-0.15, -0.1) is 0 Å². The van der Waals surface area contributed by atoms with Gasteiger partial charge in [0.25, 0.3) is 0 Å². The van der Waals surface area contributed by atoms with E-state index in [4.69, 9.17) is 33.2 Å². The van der Waals surface area contributed by atoms with Crippen LogP contribution < -0.4 is 4.74 Å². The molecular weight excluding hydrogens is 532 g/mol. The first-order valence-corrected chi connectivity index (χ1v) is 12.0. The van der Waals surface area contributed by atoms with Gasteiger partial charge in [0.15, 0.2) is 29.8 Å². The SMILES string of the molecule is COC(=O)[C@H]1O[C@@H](Oc2ccc(C(=O)OCc3ccccc3)cc2O)[C@H](OC(C)=O)[C@@H](OC(C)=O)[C@@H]1OC(C)=O. The summed E-state index contributed by atoms with van der Waals surface area (Å²) in [5.74, 6) is -5.07. The lowest BCUT2D eigenvalue weighted by atomic mass is 9.97. The fraction of sp³-hybridized carbons (Fsp3) is 0.370. The van der Waals surface area contributed by atoms with E-state index in [9.17, 15) is 29.1 Å². The number of hydrogen-bond acceptors (Lipinski definition) is 13. The van der Waals surface area contributed by atoms with E-state index < -0.39 is 66.3 Å². The van der Waals surface area contributed by atoms with Crippen LogP contribution in [0.2, 0.25) is 0 Å². The molecule has 0 unspecified atom stereocenters. The van der Waals surface area contributed by atoms with E-state index in [-0.39, 0.29) is 17.9 Å². The second kappa shape index (κ2) is 13.4. The topological polar surface area (TPSA) is 170 Å². The van der Waals surface area contributed by atoms with Crippen LogP contribution in [0.15, 0.2) is 48.5 Å². The van der Waals surface area contributed by atoms with Gasteiger partial charge in [-0.3, -0.25) is 14.4 Å². The molecule has 0 radical (unpaired) electrons. The van der Waals surface area contributed by atoms with Gasteiger partial charge in [-0.25, -0.2) is 9.59 Å². The second-order valence-electron chi connectivity index (χ2n) is 8.53. The Morgan fingerprint density at radius 2 is 1.43 bits per heavy atom. The molecule has 1 heterocycles. The van der Waals surface area contributed by atoms with Crippen LogP contribution >= 0.6 is 0 Å². The first-order chi connectivity index (χ1) is 19.0. The number of phenols is 1. The minimum atomic E-state index is -1.68. The maximum Gasteiger partial charge on any atom is 0.339 e. The molecule has 0 spiro atoms. The van der Waals surface area contributed by atoms with Crippen molar-refractivity contribution in [3.05, 3.63) is 59.7 Å². The van der Waals surface area contributed by atoms with E-state index in [1.54, 1.807) is 24.3 Å². The molecule has 13 heteroatoms. The predicted molar refractivity (Wildman–Crippen MR) is 132 cm³/mol. The maximum absolute atomic E-state index is 12.5. The average molecular weight is 561 g/mol. The number of carbonyl (C=O) groups excluding carboxylic acids is 5. The van der Waals surface area contributed by atoms with E-state index >= 15 is 0 Å². The molecule has 40 heavy (non-hydrogen) atoms. The zero-order chi connectivity index (χ0) is 29.4. The number of hydrogen-bond donors (Lipinski definition) is 1. The minimum absolute atomic E-state index is 0.00188. The van der Waals surface area contributed by atoms with Crippen LogP contribution in [0.5, 0.6) is 11.5 Å². The fourth-order valence-corrected chi connectivity index (χ4v) is 3.85. The van der Waals surface area contributed by atoms with E-state index in [1.165, 1.54) is 12.1 Å². The molecule has 2 aromatic carbocycles. The highest BCUT2D eigenvalue weighted by Crippen LogP contribution is 2.34. The predicted octanol–water partition coefficient (Wildman–Crippen LogP) is 1.82. The lowest BCUT2D eigenvalue weighted by Gasteiger charge is -2.43. The Morgan fingerprint density at radius 1 is 0.825 bits per heavy atom. The Labute approximate surface area is 228 Å². The number of aromatic hydroxyl groups is 1. The first kappa shape index (κ1) is 29.9. The van der Waals surface area contributed by atoms with E-state index in [2.05, 4.69) is 0 Å². The molecule has 0 saturated carbocycles. The standard InChI is InChI=1S/C27H28O13/c1-14(28)36-21-22(37-15(2)29)24(38-16(3)30)27(40-23(21)26(33)34-4)39-20-11-10-18(12-19(20)31)25(32)35-13-17-8-6-5-7-9-17/h5-12,21-24,27,31H,13H2,1-4H3/t21-,22-,23-,24+,27+/m0/s1. The number of esters is 5. The van der Waals surface area contributed by atoms with Crippen LogP contribution in [0, 0.1) is 0 Å². The van der Waals surface area contributed by atoms with Crippen molar-refractivity contribution in [3.63, 3.8) is 0 Å². The minimum Gasteiger partial charge on any atom is -0.504 e. The number of rotatable bonds is 9. The van der Waals surface area contributed by atoms with Gasteiger partial charge >= 0.3 is 29.8 Å². The van der Waals surface area contributed by atoms with Crippen LogP contribution in [0.3, 0.4) is 0 Å². The van der Waals surface area contributed by atoms with Gasteiger partial charge in [-0.2, -0.15) is 0 Å². The first-order valence-electron chi connectivity index (χ1n) is 12.0. The molecule has 5 atom stereocenters. The Bertz CT molecular complexity index is 1240. The molecule has 13 nitrogen and oxygen atoms in total. The van der Waals surface area contributed by atoms with Crippen LogP contribution in [0.4, 0.5) is 0 Å². The maximum atomic E-state index is 12.5. The molecule has 1 saturated heterocycles.